The van der Waals surface area contributed by atoms with E-state index < -0.39 is 21.3 Å². The van der Waals surface area contributed by atoms with Crippen molar-refractivity contribution in [3.8, 4) is 11.1 Å². The summed E-state index contributed by atoms with van der Waals surface area (Å²) in [7, 11) is 0. The molecule has 0 fully saturated rings. The molecule has 322 valence electrons. The third-order valence-corrected chi connectivity index (χ3v) is 21.5. The van der Waals surface area contributed by atoms with Gasteiger partial charge in [-0.15, -0.1) is 0 Å². The number of hydrogen-bond acceptors (Lipinski definition) is 0. The van der Waals surface area contributed by atoms with Gasteiger partial charge < -0.3 is 24.8 Å². The van der Waals surface area contributed by atoms with E-state index >= 15 is 0 Å². The van der Waals surface area contributed by atoms with Gasteiger partial charge in [0.2, 0.25) is 0 Å². The maximum absolute atomic E-state index is 6.69. The molecule has 0 bridgehead atoms. The molecule has 6 rings (SSSR count). The number of benzene rings is 4. The summed E-state index contributed by atoms with van der Waals surface area (Å²) in [5, 5.41) is 1.54. The van der Waals surface area contributed by atoms with Crippen LogP contribution in [0.1, 0.15) is 178 Å². The molecule has 1 atom stereocenters. The molecular formula is C55H70Cl4Zr. The topological polar surface area (TPSA) is 0 Å². The van der Waals surface area contributed by atoms with E-state index in [9.17, 15) is 0 Å². The molecule has 0 aromatic heterocycles. The van der Waals surface area contributed by atoms with Crippen LogP contribution in [0.4, 0.5) is 0 Å². The Hall–Kier alpha value is -1.73. The molecule has 0 saturated carbocycles. The van der Waals surface area contributed by atoms with Crippen molar-refractivity contribution >= 4 is 26.4 Å². The minimum absolute atomic E-state index is 0. The van der Waals surface area contributed by atoms with Crippen LogP contribution in [-0.2, 0) is 42.9 Å². The van der Waals surface area contributed by atoms with E-state index in [4.69, 9.17) is 23.2 Å². The first kappa shape index (κ1) is 50.9. The van der Waals surface area contributed by atoms with E-state index in [1.807, 2.05) is 0 Å². The minimum Gasteiger partial charge on any atom is -1.00 e. The predicted octanol–water partition coefficient (Wildman–Crippen LogP) is 10.8. The summed E-state index contributed by atoms with van der Waals surface area (Å²) in [6, 6.07) is 28.3. The molecule has 4 aromatic rings. The Balaban J connectivity index is 0.00000397. The molecule has 2 aliphatic carbocycles. The maximum Gasteiger partial charge on any atom is -1.00 e. The fourth-order valence-corrected chi connectivity index (χ4v) is 19.2. The van der Waals surface area contributed by atoms with Crippen molar-refractivity contribution in [1.29, 1.82) is 0 Å². The molecule has 0 amide bonds. The fourth-order valence-electron chi connectivity index (χ4n) is 9.34. The largest absolute Gasteiger partial charge is 1.00 e. The number of hydrogen-bond donors (Lipinski definition) is 0. The number of rotatable bonds is 7. The van der Waals surface area contributed by atoms with E-state index in [1.54, 1.807) is 3.28 Å². The van der Waals surface area contributed by atoms with E-state index in [0.717, 1.165) is 10.0 Å². The number of fused-ring (bicyclic) bond motifs is 3. The quantitative estimate of drug-likeness (QED) is 0.173. The Morgan fingerprint density at radius 3 is 1.23 bits per heavy atom. The first-order valence-corrected chi connectivity index (χ1v) is 26.4. The van der Waals surface area contributed by atoms with Crippen LogP contribution in [0.3, 0.4) is 0 Å². The molecule has 1 unspecified atom stereocenters. The van der Waals surface area contributed by atoms with Crippen molar-refractivity contribution < 1.29 is 46.1 Å². The average Bonchev–Trinajstić information content (AvgIpc) is 3.67. The van der Waals surface area contributed by atoms with Crippen molar-refractivity contribution in [2.75, 3.05) is 0 Å². The van der Waals surface area contributed by atoms with Crippen molar-refractivity contribution in [2.45, 2.75) is 155 Å². The molecule has 5 heteroatoms. The Morgan fingerprint density at radius 1 is 0.533 bits per heavy atom. The summed E-state index contributed by atoms with van der Waals surface area (Å²) in [5.41, 5.74) is 15.9. The van der Waals surface area contributed by atoms with Crippen molar-refractivity contribution in [1.82, 2.24) is 0 Å². The second-order valence-corrected chi connectivity index (χ2v) is 29.4. The molecule has 0 spiro atoms. The van der Waals surface area contributed by atoms with E-state index in [1.165, 1.54) is 83.7 Å². The van der Waals surface area contributed by atoms with Crippen LogP contribution in [0.5, 0.6) is 0 Å². The van der Waals surface area contributed by atoms with E-state index in [2.05, 4.69) is 196 Å². The third kappa shape index (κ3) is 10.4. The monoisotopic (exact) mass is 960 g/mol. The molecule has 0 saturated heterocycles. The summed E-state index contributed by atoms with van der Waals surface area (Å²) >= 11 is 10.2. The Bertz CT molecular complexity index is 2160. The zero-order valence-electron chi connectivity index (χ0n) is 39.4. The van der Waals surface area contributed by atoms with Crippen LogP contribution in [-0.4, -0.2) is 3.21 Å². The molecular weight excluding hydrogens is 894 g/mol. The van der Waals surface area contributed by atoms with Gasteiger partial charge in [0.25, 0.3) is 0 Å². The summed E-state index contributed by atoms with van der Waals surface area (Å²) in [6.07, 6.45) is 8.97. The minimum atomic E-state index is -3.20. The van der Waals surface area contributed by atoms with E-state index in [-0.39, 0.29) is 55.5 Å². The number of unbranched alkanes of at least 4 members (excludes halogenated alkanes) is 1. The second kappa shape index (κ2) is 18.4. The van der Waals surface area contributed by atoms with Crippen LogP contribution in [0.25, 0.3) is 11.1 Å². The van der Waals surface area contributed by atoms with Crippen LogP contribution in [0.15, 0.2) is 93.8 Å². The second-order valence-electron chi connectivity index (χ2n) is 22.4. The standard InChI is InChI=1S/C29H41.C13H8Cl2.C13H21.2ClH.Zr/c1-26(2,3)22-14-18-13-19-15-23(27(4,5)6)25(29(10,11)12)17-21(19)20(18)16-24(22)28(7,8)9;14-12-5-1-10(2-6-12)9-11-3-7-13(15)8-4-11;1-5-6-7-11-8-9-12(10-11)13(2,3)4;;;/h13-17H,1-12H3;1-8H;9-11H,5-7H2,1-4H3;2*1H;/q;;;;;+2/p-2. The summed E-state index contributed by atoms with van der Waals surface area (Å²) in [6.45, 7) is 38.4. The summed E-state index contributed by atoms with van der Waals surface area (Å²) in [5.74, 6) is 0.414. The van der Waals surface area contributed by atoms with Gasteiger partial charge >= 0.3 is 374 Å². The van der Waals surface area contributed by atoms with Gasteiger partial charge in [0.1, 0.15) is 0 Å². The molecule has 0 aliphatic heterocycles. The molecule has 4 aromatic carbocycles. The van der Waals surface area contributed by atoms with Gasteiger partial charge in [-0.2, -0.15) is 0 Å². The molecule has 0 N–H and O–H groups in total. The average molecular weight is 964 g/mol. The van der Waals surface area contributed by atoms with Gasteiger partial charge in [-0.05, 0) is 0 Å². The first-order chi connectivity index (χ1) is 26.7. The molecule has 0 heterocycles. The smallest absolute Gasteiger partial charge is 1.00 e. The fraction of sp³-hybridized carbons (Fsp3) is 0.473. The van der Waals surface area contributed by atoms with Crippen molar-refractivity contribution in [3.63, 3.8) is 0 Å². The van der Waals surface area contributed by atoms with Crippen LogP contribution < -0.4 is 24.8 Å². The Kier molecular flexibility index (Phi) is 15.6. The van der Waals surface area contributed by atoms with Gasteiger partial charge in [0, 0.05) is 0 Å². The number of halogens is 4. The predicted molar refractivity (Wildman–Crippen MR) is 253 cm³/mol. The van der Waals surface area contributed by atoms with Crippen molar-refractivity contribution in [2.24, 2.45) is 11.3 Å². The van der Waals surface area contributed by atoms with Crippen LogP contribution in [0, 0.1) is 11.3 Å². The summed E-state index contributed by atoms with van der Waals surface area (Å²) in [4.78, 5) is 0. The van der Waals surface area contributed by atoms with Crippen LogP contribution in [0.2, 0.25) is 10.0 Å². The van der Waals surface area contributed by atoms with Crippen molar-refractivity contribution in [3.05, 3.63) is 148 Å². The first-order valence-electron chi connectivity index (χ1n) is 21.8. The van der Waals surface area contributed by atoms with Gasteiger partial charge in [-0.3, -0.25) is 0 Å². The normalized spacial score (nSPS) is 15.6. The Labute approximate surface area is 395 Å². The number of allylic oxidation sites excluding steroid dienone is 4. The van der Waals surface area contributed by atoms with Gasteiger partial charge in [-0.1, -0.05) is 0 Å². The van der Waals surface area contributed by atoms with Gasteiger partial charge in [-0.25, -0.2) is 0 Å². The summed E-state index contributed by atoms with van der Waals surface area (Å²) < 4.78 is 3.52. The van der Waals surface area contributed by atoms with Gasteiger partial charge in [0.05, 0.1) is 0 Å². The zero-order valence-corrected chi connectivity index (χ0v) is 44.9. The molecule has 0 radical (unpaired) electrons. The maximum atomic E-state index is 6.69. The third-order valence-electron chi connectivity index (χ3n) is 12.5. The molecule has 0 nitrogen and oxygen atoms in total. The van der Waals surface area contributed by atoms with Crippen LogP contribution >= 0.6 is 23.2 Å². The molecule has 2 aliphatic rings. The molecule has 60 heavy (non-hydrogen) atoms. The van der Waals surface area contributed by atoms with E-state index in [0.29, 0.717) is 5.92 Å². The van der Waals surface area contributed by atoms with Gasteiger partial charge in [0.15, 0.2) is 0 Å². The SMILES string of the molecule is CCCCC1C=C(C(C)(C)C)C=[C]1[Zr+2](=[C](c1ccc(Cl)cc1)c1ccc(Cl)cc1)[CH]1c2cc(C(C)(C)C)c(C(C)(C)C)cc2-c2cc(C(C)(C)C)c(C(C)(C)C)cc21.[Cl-].[Cl-]. The zero-order chi connectivity index (χ0) is 42.9. The Morgan fingerprint density at radius 2 is 0.900 bits per heavy atom.